The molecule has 0 bridgehead atoms. The molecule has 1 heterocycles. The highest BCUT2D eigenvalue weighted by Crippen LogP contribution is 2.11. The number of amides is 2. The zero-order chi connectivity index (χ0) is 16.5. The molecule has 1 aliphatic heterocycles. The molecule has 2 rings (SSSR count). The normalized spacial score (nSPS) is 15.3. The molecule has 0 radical (unpaired) electrons. The van der Waals surface area contributed by atoms with Crippen LogP contribution in [0.5, 0.6) is 0 Å². The first-order valence-electron chi connectivity index (χ1n) is 8.72. The third-order valence-electron chi connectivity index (χ3n) is 4.48. The smallest absolute Gasteiger partial charge is 0.241 e. The number of unbranched alkanes of at least 4 members (excludes halogenated alkanes) is 1. The average molecular weight is 316 g/mol. The Morgan fingerprint density at radius 2 is 1.91 bits per heavy atom. The molecule has 2 amide bonds. The van der Waals surface area contributed by atoms with Gasteiger partial charge in [0.2, 0.25) is 11.8 Å². The third kappa shape index (κ3) is 6.05. The van der Waals surface area contributed by atoms with Crippen molar-refractivity contribution in [3.8, 4) is 0 Å². The molecule has 0 N–H and O–H groups in total. The number of benzene rings is 1. The Balaban J connectivity index is 1.67. The van der Waals surface area contributed by atoms with Gasteiger partial charge in [-0.2, -0.15) is 0 Å². The average Bonchev–Trinajstić information content (AvgIpc) is 2.77. The highest BCUT2D eigenvalue weighted by Gasteiger charge is 2.20. The van der Waals surface area contributed by atoms with Crippen molar-refractivity contribution in [1.29, 1.82) is 0 Å². The van der Waals surface area contributed by atoms with Gasteiger partial charge in [-0.05, 0) is 37.7 Å². The summed E-state index contributed by atoms with van der Waals surface area (Å²) in [5.74, 6) is 0.188. The maximum atomic E-state index is 12.3. The van der Waals surface area contributed by atoms with Gasteiger partial charge < -0.3 is 9.80 Å². The molecule has 126 valence electrons. The number of likely N-dealkylation sites (tertiary alicyclic amines) is 1. The molecule has 1 aromatic carbocycles. The summed E-state index contributed by atoms with van der Waals surface area (Å²) in [6, 6.07) is 10.4. The van der Waals surface area contributed by atoms with Gasteiger partial charge in [-0.3, -0.25) is 9.59 Å². The van der Waals surface area contributed by atoms with Crippen molar-refractivity contribution in [1.82, 2.24) is 9.80 Å². The maximum absolute atomic E-state index is 12.3. The van der Waals surface area contributed by atoms with E-state index >= 15 is 0 Å². The molecule has 0 aliphatic carbocycles. The van der Waals surface area contributed by atoms with Crippen molar-refractivity contribution >= 4 is 11.8 Å². The van der Waals surface area contributed by atoms with E-state index < -0.39 is 0 Å². The van der Waals surface area contributed by atoms with Gasteiger partial charge in [0, 0.05) is 26.6 Å². The van der Waals surface area contributed by atoms with Gasteiger partial charge in [-0.25, -0.2) is 0 Å². The molecule has 0 saturated carbocycles. The van der Waals surface area contributed by atoms with Crippen LogP contribution in [0.15, 0.2) is 30.3 Å². The quantitative estimate of drug-likeness (QED) is 0.726. The predicted octanol–water partition coefficient (Wildman–Crippen LogP) is 2.87. The number of aryl methyl sites for hydroxylation is 1. The van der Waals surface area contributed by atoms with Crippen molar-refractivity contribution in [3.05, 3.63) is 35.9 Å². The fraction of sp³-hybridized carbons (Fsp3) is 0.579. The van der Waals surface area contributed by atoms with Crippen LogP contribution in [0, 0.1) is 0 Å². The van der Waals surface area contributed by atoms with Crippen LogP contribution in [-0.4, -0.2) is 48.3 Å². The van der Waals surface area contributed by atoms with Crippen LogP contribution in [0.3, 0.4) is 0 Å². The second-order valence-corrected chi connectivity index (χ2v) is 6.38. The van der Waals surface area contributed by atoms with Gasteiger partial charge >= 0.3 is 0 Å². The number of hydrogen-bond donors (Lipinski definition) is 0. The van der Waals surface area contributed by atoms with E-state index in [4.69, 9.17) is 0 Å². The lowest BCUT2D eigenvalue weighted by molar-refractivity contribution is -0.139. The van der Waals surface area contributed by atoms with Gasteiger partial charge in [0.05, 0.1) is 6.54 Å². The van der Waals surface area contributed by atoms with Crippen molar-refractivity contribution in [2.24, 2.45) is 0 Å². The van der Waals surface area contributed by atoms with Crippen molar-refractivity contribution in [2.75, 3.05) is 26.7 Å². The van der Waals surface area contributed by atoms with E-state index in [0.717, 1.165) is 51.6 Å². The highest BCUT2D eigenvalue weighted by molar-refractivity contribution is 5.84. The van der Waals surface area contributed by atoms with Crippen molar-refractivity contribution in [3.63, 3.8) is 0 Å². The highest BCUT2D eigenvalue weighted by atomic mass is 16.2. The molecule has 0 atom stereocenters. The Labute approximate surface area is 139 Å². The summed E-state index contributed by atoms with van der Waals surface area (Å²) >= 11 is 0. The van der Waals surface area contributed by atoms with Crippen LogP contribution in [0.2, 0.25) is 0 Å². The summed E-state index contributed by atoms with van der Waals surface area (Å²) in [6.07, 6.45) is 6.77. The lowest BCUT2D eigenvalue weighted by Crippen LogP contribution is -2.41. The molecule has 1 aromatic rings. The SMILES string of the molecule is CN(CCCCc1ccccc1)C(=O)CN1CCCCCC1=O. The van der Waals surface area contributed by atoms with Crippen LogP contribution in [-0.2, 0) is 16.0 Å². The zero-order valence-corrected chi connectivity index (χ0v) is 14.2. The molecule has 0 aromatic heterocycles. The van der Waals surface area contributed by atoms with Crippen LogP contribution >= 0.6 is 0 Å². The monoisotopic (exact) mass is 316 g/mol. The summed E-state index contributed by atoms with van der Waals surface area (Å²) in [5, 5.41) is 0. The van der Waals surface area contributed by atoms with Crippen LogP contribution < -0.4 is 0 Å². The molecule has 4 heteroatoms. The predicted molar refractivity (Wildman–Crippen MR) is 92.1 cm³/mol. The van der Waals surface area contributed by atoms with E-state index in [-0.39, 0.29) is 18.4 Å². The van der Waals surface area contributed by atoms with E-state index in [1.165, 1.54) is 5.56 Å². The first kappa shape index (κ1) is 17.5. The van der Waals surface area contributed by atoms with Gasteiger partial charge in [0.25, 0.3) is 0 Å². The summed E-state index contributed by atoms with van der Waals surface area (Å²) in [5.41, 5.74) is 1.34. The number of carbonyl (C=O) groups excluding carboxylic acids is 2. The fourth-order valence-electron chi connectivity index (χ4n) is 2.94. The Morgan fingerprint density at radius 1 is 1.13 bits per heavy atom. The first-order valence-corrected chi connectivity index (χ1v) is 8.72. The Morgan fingerprint density at radius 3 is 2.70 bits per heavy atom. The van der Waals surface area contributed by atoms with Crippen molar-refractivity contribution in [2.45, 2.75) is 44.9 Å². The molecular formula is C19H28N2O2. The molecule has 4 nitrogen and oxygen atoms in total. The number of carbonyl (C=O) groups is 2. The third-order valence-corrected chi connectivity index (χ3v) is 4.48. The molecule has 1 aliphatic rings. The van der Waals surface area contributed by atoms with E-state index in [1.807, 2.05) is 13.1 Å². The largest absolute Gasteiger partial charge is 0.344 e. The lowest BCUT2D eigenvalue weighted by atomic mass is 10.1. The minimum Gasteiger partial charge on any atom is -0.344 e. The fourth-order valence-corrected chi connectivity index (χ4v) is 2.94. The second kappa shape index (κ2) is 9.33. The van der Waals surface area contributed by atoms with Crippen molar-refractivity contribution < 1.29 is 9.59 Å². The van der Waals surface area contributed by atoms with Crippen LogP contribution in [0.25, 0.3) is 0 Å². The molecule has 0 spiro atoms. The van der Waals surface area contributed by atoms with E-state index in [2.05, 4.69) is 24.3 Å². The van der Waals surface area contributed by atoms with Gasteiger partial charge in [-0.15, -0.1) is 0 Å². The summed E-state index contributed by atoms with van der Waals surface area (Å²) in [7, 11) is 1.84. The Bertz CT molecular complexity index is 501. The van der Waals surface area contributed by atoms with E-state index in [9.17, 15) is 9.59 Å². The number of nitrogens with zero attached hydrogens (tertiary/aromatic N) is 2. The molecular weight excluding hydrogens is 288 g/mol. The van der Waals surface area contributed by atoms with E-state index in [0.29, 0.717) is 6.42 Å². The Hall–Kier alpha value is -1.84. The standard InChI is InChI=1S/C19H28N2O2/c1-20(14-9-7-12-17-10-4-2-5-11-17)19(23)16-21-15-8-3-6-13-18(21)22/h2,4-5,10-11H,3,6-9,12-16H2,1H3. The zero-order valence-electron chi connectivity index (χ0n) is 14.2. The lowest BCUT2D eigenvalue weighted by Gasteiger charge is -2.24. The van der Waals surface area contributed by atoms with Gasteiger partial charge in [0.1, 0.15) is 0 Å². The van der Waals surface area contributed by atoms with Gasteiger partial charge in [0.15, 0.2) is 0 Å². The van der Waals surface area contributed by atoms with Crippen LogP contribution in [0.4, 0.5) is 0 Å². The number of likely N-dealkylation sites (N-methyl/N-ethyl adjacent to an activating group) is 1. The second-order valence-electron chi connectivity index (χ2n) is 6.38. The summed E-state index contributed by atoms with van der Waals surface area (Å²) in [4.78, 5) is 27.7. The number of rotatable bonds is 7. The number of hydrogen-bond acceptors (Lipinski definition) is 2. The topological polar surface area (TPSA) is 40.6 Å². The minimum atomic E-state index is 0.0555. The minimum absolute atomic E-state index is 0.0555. The molecule has 1 saturated heterocycles. The van der Waals surface area contributed by atoms with Gasteiger partial charge in [-0.1, -0.05) is 36.8 Å². The molecule has 0 unspecified atom stereocenters. The molecule has 23 heavy (non-hydrogen) atoms. The maximum Gasteiger partial charge on any atom is 0.241 e. The Kier molecular flexibility index (Phi) is 7.11. The summed E-state index contributed by atoms with van der Waals surface area (Å²) < 4.78 is 0. The first-order chi connectivity index (χ1) is 11.2. The summed E-state index contributed by atoms with van der Waals surface area (Å²) in [6.45, 7) is 1.73. The van der Waals surface area contributed by atoms with Crippen LogP contribution in [0.1, 0.15) is 44.1 Å². The molecule has 1 fully saturated rings. The van der Waals surface area contributed by atoms with E-state index in [1.54, 1.807) is 9.80 Å².